The number of nitrogens with zero attached hydrogens (tertiary/aromatic N) is 1. The molecule has 5 rings (SSSR count). The third-order valence-electron chi connectivity index (χ3n) is 10.4. The molecule has 4 unspecified atom stereocenters. The van der Waals surface area contributed by atoms with E-state index in [1.807, 2.05) is 20.8 Å². The number of piperidine rings is 1. The van der Waals surface area contributed by atoms with Crippen LogP contribution in [0.4, 0.5) is 4.79 Å². The lowest BCUT2D eigenvalue weighted by Gasteiger charge is -2.40. The number of rotatable bonds is 11. The van der Waals surface area contributed by atoms with Gasteiger partial charge in [0.25, 0.3) is 5.91 Å². The van der Waals surface area contributed by atoms with Gasteiger partial charge < -0.3 is 26.6 Å². The number of nitrogens with two attached hydrogens (primary N) is 1. The second-order valence-corrected chi connectivity index (χ2v) is 17.2. The topological polar surface area (TPSA) is 185 Å². The van der Waals surface area contributed by atoms with Crippen molar-refractivity contribution in [1.82, 2.24) is 20.9 Å². The summed E-state index contributed by atoms with van der Waals surface area (Å²) in [4.78, 5) is 67.3. The number of Topliss-reactive ketones (excluding diaryl/α,β-unsaturated/α-hetero) is 1. The molecule has 1 heterocycles. The number of sulfone groups is 1. The highest BCUT2D eigenvalue weighted by molar-refractivity contribution is 7.90. The molecule has 1 saturated heterocycles. The van der Waals surface area contributed by atoms with E-state index in [4.69, 9.17) is 5.73 Å². The quantitative estimate of drug-likeness (QED) is 0.248. The van der Waals surface area contributed by atoms with Crippen molar-refractivity contribution in [2.45, 2.75) is 109 Å². The van der Waals surface area contributed by atoms with Crippen LogP contribution >= 0.6 is 0 Å². The summed E-state index contributed by atoms with van der Waals surface area (Å²) in [5.41, 5.74) is 3.71. The van der Waals surface area contributed by atoms with Gasteiger partial charge in [0.15, 0.2) is 0 Å². The molecule has 5 fully saturated rings. The van der Waals surface area contributed by atoms with Gasteiger partial charge in [0.05, 0.1) is 17.3 Å². The number of likely N-dealkylation sites (tertiary alicyclic amines) is 1. The highest BCUT2D eigenvalue weighted by atomic mass is 32.2. The number of amides is 5. The number of hydrogen-bond donors (Lipinski definition) is 4. The number of carbonyl (C=O) groups excluding carboxylic acids is 5. The van der Waals surface area contributed by atoms with E-state index in [0.717, 1.165) is 51.2 Å². The molecule has 4 saturated carbocycles. The fourth-order valence-electron chi connectivity index (χ4n) is 7.95. The van der Waals surface area contributed by atoms with Crippen molar-refractivity contribution in [3.05, 3.63) is 0 Å². The Morgan fingerprint density at radius 3 is 2.12 bits per heavy atom. The molecular formula is C30H47N5O7S. The maximum absolute atomic E-state index is 14.2. The van der Waals surface area contributed by atoms with Crippen molar-refractivity contribution >= 4 is 39.4 Å². The molecule has 5 atom stereocenters. The molecule has 5 aliphatic rings. The van der Waals surface area contributed by atoms with Crippen molar-refractivity contribution in [3.63, 3.8) is 0 Å². The first kappa shape index (κ1) is 31.7. The Morgan fingerprint density at radius 2 is 1.60 bits per heavy atom. The van der Waals surface area contributed by atoms with Crippen LogP contribution < -0.4 is 21.7 Å². The Balaban J connectivity index is 1.34. The molecule has 0 bridgehead atoms. The van der Waals surface area contributed by atoms with Crippen LogP contribution in [-0.4, -0.2) is 85.1 Å². The summed E-state index contributed by atoms with van der Waals surface area (Å²) in [5, 5.41) is 8.54. The highest BCUT2D eigenvalue weighted by Crippen LogP contribution is 2.78. The van der Waals surface area contributed by atoms with Crippen LogP contribution in [0.25, 0.3) is 0 Å². The minimum atomic E-state index is -3.38. The molecule has 4 aliphatic carbocycles. The predicted octanol–water partition coefficient (Wildman–Crippen LogP) is 1.02. The predicted molar refractivity (Wildman–Crippen MR) is 158 cm³/mol. The van der Waals surface area contributed by atoms with Gasteiger partial charge in [-0.3, -0.25) is 19.2 Å². The molecule has 13 heteroatoms. The summed E-state index contributed by atoms with van der Waals surface area (Å²) in [6.45, 7) is 5.86. The average molecular weight is 622 g/mol. The van der Waals surface area contributed by atoms with Crippen molar-refractivity contribution < 1.29 is 32.4 Å². The molecule has 5 N–H and O–H groups in total. The molecule has 1 aliphatic heterocycles. The number of nitrogens with one attached hydrogen (secondary N) is 3. The van der Waals surface area contributed by atoms with Crippen molar-refractivity contribution in [3.8, 4) is 0 Å². The van der Waals surface area contributed by atoms with E-state index in [0.29, 0.717) is 25.8 Å². The molecule has 43 heavy (non-hydrogen) atoms. The van der Waals surface area contributed by atoms with Crippen LogP contribution in [0.2, 0.25) is 0 Å². The smallest absolute Gasteiger partial charge is 0.315 e. The number of ketones is 1. The van der Waals surface area contributed by atoms with E-state index < -0.39 is 68.5 Å². The van der Waals surface area contributed by atoms with E-state index >= 15 is 0 Å². The first-order chi connectivity index (χ1) is 20.0. The van der Waals surface area contributed by atoms with Crippen molar-refractivity contribution in [1.29, 1.82) is 0 Å². The Bertz CT molecular complexity index is 1290. The van der Waals surface area contributed by atoms with Gasteiger partial charge in [-0.1, -0.05) is 52.9 Å². The summed E-state index contributed by atoms with van der Waals surface area (Å²) in [6, 6.07) is -3.44. The normalized spacial score (nSPS) is 28.3. The van der Waals surface area contributed by atoms with Crippen molar-refractivity contribution in [2.75, 3.05) is 18.6 Å². The third-order valence-corrected chi connectivity index (χ3v) is 11.5. The van der Waals surface area contributed by atoms with Crippen LogP contribution in [0.15, 0.2) is 0 Å². The van der Waals surface area contributed by atoms with E-state index in [1.165, 1.54) is 0 Å². The molecule has 12 nitrogen and oxygen atoms in total. The zero-order valence-corrected chi connectivity index (χ0v) is 26.6. The van der Waals surface area contributed by atoms with Crippen LogP contribution in [0.1, 0.15) is 85.0 Å². The SMILES string of the molecule is CC(C)(C)[C@H](NC(=O)NC1(CS(C)(=O)=O)CCCCC1)C(=O)N1CC2C(C1C(=O)NC(CC1CC1)C(=O)C(N)=O)C21CC1. The first-order valence-electron chi connectivity index (χ1n) is 15.7. The fraction of sp³-hybridized carbons (Fsp3) is 0.833. The third kappa shape index (κ3) is 6.71. The van der Waals surface area contributed by atoms with E-state index in [2.05, 4.69) is 16.0 Å². The van der Waals surface area contributed by atoms with E-state index in [9.17, 15) is 32.4 Å². The summed E-state index contributed by atoms with van der Waals surface area (Å²) in [7, 11) is -3.38. The molecule has 0 aromatic rings. The largest absolute Gasteiger partial charge is 0.363 e. The molecule has 0 radical (unpaired) electrons. The van der Waals surface area contributed by atoms with Crippen LogP contribution in [0, 0.1) is 28.6 Å². The average Bonchev–Trinajstić information content (AvgIpc) is 3.85. The highest BCUT2D eigenvalue weighted by Gasteiger charge is 2.79. The van der Waals surface area contributed by atoms with Gasteiger partial charge >= 0.3 is 6.03 Å². The maximum atomic E-state index is 14.2. The minimum absolute atomic E-state index is 0.0311. The first-order valence-corrected chi connectivity index (χ1v) is 17.7. The molecule has 1 spiro atoms. The maximum Gasteiger partial charge on any atom is 0.315 e. The molecule has 5 amide bonds. The van der Waals surface area contributed by atoms with Gasteiger partial charge in [-0.05, 0) is 60.7 Å². The van der Waals surface area contributed by atoms with Crippen molar-refractivity contribution in [2.24, 2.45) is 34.3 Å². The summed E-state index contributed by atoms with van der Waals surface area (Å²) in [6.07, 6.45) is 8.96. The zero-order chi connectivity index (χ0) is 31.5. The Hall–Kier alpha value is -2.70. The van der Waals surface area contributed by atoms with Gasteiger partial charge in [-0.25, -0.2) is 13.2 Å². The molecule has 0 aromatic carbocycles. The monoisotopic (exact) mass is 621 g/mol. The lowest BCUT2D eigenvalue weighted by molar-refractivity contribution is -0.144. The molecule has 240 valence electrons. The molecule has 0 aromatic heterocycles. The van der Waals surface area contributed by atoms with E-state index in [-0.39, 0.29) is 28.9 Å². The Labute approximate surface area is 253 Å². The lowest BCUT2D eigenvalue weighted by atomic mass is 9.83. The van der Waals surface area contributed by atoms with Gasteiger partial charge in [0, 0.05) is 12.8 Å². The van der Waals surface area contributed by atoms with Crippen LogP contribution in [-0.2, 0) is 29.0 Å². The standard InChI is InChI=1S/C30H47N5O7S/c1-28(2,3)23(33-27(40)34-29(16-43(4,41)42)10-6-5-7-11-29)26(39)35-15-18-20(30(18)12-13-30)21(35)25(38)32-19(14-17-8-9-17)22(36)24(31)37/h17-21,23H,5-16H2,1-4H3,(H2,31,37)(H,32,38)(H2,33,34,40)/t18?,19?,20?,21?,23-/m1/s1. The summed E-state index contributed by atoms with van der Waals surface area (Å²) >= 11 is 0. The minimum Gasteiger partial charge on any atom is -0.363 e. The van der Waals surface area contributed by atoms with E-state index in [1.54, 1.807) is 4.90 Å². The van der Waals surface area contributed by atoms with Gasteiger partial charge in [-0.2, -0.15) is 0 Å². The summed E-state index contributed by atoms with van der Waals surface area (Å²) < 4.78 is 24.5. The second kappa shape index (κ2) is 11.0. The number of hydrogen-bond acceptors (Lipinski definition) is 7. The number of primary amides is 1. The Kier molecular flexibility index (Phi) is 8.13. The van der Waals surface area contributed by atoms with Gasteiger partial charge in [-0.15, -0.1) is 0 Å². The lowest BCUT2D eigenvalue weighted by Crippen LogP contribution is -2.63. The van der Waals surface area contributed by atoms with Crippen LogP contribution in [0.5, 0.6) is 0 Å². The zero-order valence-electron chi connectivity index (χ0n) is 25.7. The number of fused-ring (bicyclic) bond motifs is 3. The molecular weight excluding hydrogens is 574 g/mol. The second-order valence-electron chi connectivity index (χ2n) is 15.1. The number of carbonyl (C=O) groups is 5. The number of urea groups is 1. The van der Waals surface area contributed by atoms with Crippen LogP contribution in [0.3, 0.4) is 0 Å². The van der Waals surface area contributed by atoms with Gasteiger partial charge in [0.2, 0.25) is 17.6 Å². The van der Waals surface area contributed by atoms with Gasteiger partial charge in [0.1, 0.15) is 21.9 Å². The fourth-order valence-corrected chi connectivity index (χ4v) is 9.31. The summed E-state index contributed by atoms with van der Waals surface area (Å²) in [5.74, 6) is -2.56. The Morgan fingerprint density at radius 1 is 0.977 bits per heavy atom.